The molecule has 0 saturated carbocycles. The Bertz CT molecular complexity index is 1130. The van der Waals surface area contributed by atoms with E-state index in [1.54, 1.807) is 6.07 Å². The fourth-order valence-corrected chi connectivity index (χ4v) is 3.45. The number of fused-ring (bicyclic) bond motifs is 1. The number of piperazine rings is 1. The van der Waals surface area contributed by atoms with Crippen molar-refractivity contribution in [3.63, 3.8) is 0 Å². The van der Waals surface area contributed by atoms with Crippen LogP contribution in [0.1, 0.15) is 10.4 Å². The summed E-state index contributed by atoms with van der Waals surface area (Å²) < 4.78 is 29.6. The molecule has 0 bridgehead atoms. The second-order valence-electron chi connectivity index (χ2n) is 6.58. The SMILES string of the molecule is Cl.Cl.O=C(O)c1cn(-c2ccc(F)cc2)c2cc(N3CCNCC3)c(F)cc2c1=O. The summed E-state index contributed by atoms with van der Waals surface area (Å²) >= 11 is 0. The molecule has 0 atom stereocenters. The molecule has 0 radical (unpaired) electrons. The van der Waals surface area contributed by atoms with Gasteiger partial charge in [-0.15, -0.1) is 24.8 Å². The lowest BCUT2D eigenvalue weighted by atomic mass is 10.1. The molecule has 0 spiro atoms. The van der Waals surface area contributed by atoms with Crippen molar-refractivity contribution < 1.29 is 18.7 Å². The van der Waals surface area contributed by atoms with E-state index < -0.39 is 28.6 Å². The molecule has 10 heteroatoms. The molecule has 160 valence electrons. The van der Waals surface area contributed by atoms with Crippen LogP contribution >= 0.6 is 24.8 Å². The zero-order chi connectivity index (χ0) is 19.8. The number of halogens is 4. The fourth-order valence-electron chi connectivity index (χ4n) is 3.45. The molecule has 1 aliphatic heterocycles. The van der Waals surface area contributed by atoms with E-state index in [0.717, 1.165) is 6.07 Å². The number of anilines is 1. The summed E-state index contributed by atoms with van der Waals surface area (Å²) in [5.74, 6) is -2.44. The van der Waals surface area contributed by atoms with Crippen molar-refractivity contribution in [2.75, 3.05) is 31.1 Å². The first-order chi connectivity index (χ1) is 13.5. The maximum atomic E-state index is 14.8. The Morgan fingerprint density at radius 3 is 2.27 bits per heavy atom. The van der Waals surface area contributed by atoms with Crippen LogP contribution in [-0.4, -0.2) is 41.8 Å². The number of hydrogen-bond donors (Lipinski definition) is 2. The smallest absolute Gasteiger partial charge is 0.341 e. The zero-order valence-electron chi connectivity index (χ0n) is 15.6. The third-order valence-electron chi connectivity index (χ3n) is 4.87. The van der Waals surface area contributed by atoms with E-state index in [1.807, 2.05) is 4.90 Å². The number of pyridine rings is 1. The number of hydrogen-bond acceptors (Lipinski definition) is 4. The molecule has 3 aromatic rings. The Morgan fingerprint density at radius 1 is 1.03 bits per heavy atom. The molecule has 30 heavy (non-hydrogen) atoms. The average Bonchev–Trinajstić information content (AvgIpc) is 2.69. The first-order valence-corrected chi connectivity index (χ1v) is 8.79. The highest BCUT2D eigenvalue weighted by molar-refractivity contribution is 5.94. The summed E-state index contributed by atoms with van der Waals surface area (Å²) in [5, 5.41) is 12.5. The van der Waals surface area contributed by atoms with Gasteiger partial charge in [0.1, 0.15) is 17.2 Å². The number of carboxylic acids is 1. The zero-order valence-corrected chi connectivity index (χ0v) is 17.2. The highest BCUT2D eigenvalue weighted by atomic mass is 35.5. The van der Waals surface area contributed by atoms with Gasteiger partial charge in [-0.25, -0.2) is 13.6 Å². The van der Waals surface area contributed by atoms with Crippen LogP contribution in [0, 0.1) is 11.6 Å². The Hall–Kier alpha value is -2.68. The van der Waals surface area contributed by atoms with Gasteiger partial charge in [0.15, 0.2) is 0 Å². The molecule has 0 amide bonds. The summed E-state index contributed by atoms with van der Waals surface area (Å²) in [6.45, 7) is 2.63. The van der Waals surface area contributed by atoms with E-state index in [9.17, 15) is 23.5 Å². The van der Waals surface area contributed by atoms with Crippen molar-refractivity contribution in [1.29, 1.82) is 0 Å². The molecule has 4 rings (SSSR count). The number of carbonyl (C=O) groups is 1. The number of nitrogens with one attached hydrogen (secondary N) is 1. The topological polar surface area (TPSA) is 74.6 Å². The highest BCUT2D eigenvalue weighted by Crippen LogP contribution is 2.27. The first-order valence-electron chi connectivity index (χ1n) is 8.79. The molecular formula is C20H19Cl2F2N3O3. The standard InChI is InChI=1S/C20H17F2N3O3.2ClH/c21-12-1-3-13(4-2-12)25-11-15(20(27)28)19(26)14-9-16(22)18(10-17(14)25)24-7-5-23-6-8-24;;/h1-4,9-11,23H,5-8H2,(H,27,28);2*1H. The maximum absolute atomic E-state index is 14.8. The minimum Gasteiger partial charge on any atom is -0.477 e. The van der Waals surface area contributed by atoms with Gasteiger partial charge in [0.25, 0.3) is 0 Å². The van der Waals surface area contributed by atoms with Crippen LogP contribution in [0.2, 0.25) is 0 Å². The monoisotopic (exact) mass is 457 g/mol. The van der Waals surface area contributed by atoms with Gasteiger partial charge < -0.3 is 19.9 Å². The quantitative estimate of drug-likeness (QED) is 0.631. The lowest BCUT2D eigenvalue weighted by molar-refractivity contribution is 0.0695. The molecule has 1 fully saturated rings. The van der Waals surface area contributed by atoms with Crippen molar-refractivity contribution in [3.05, 3.63) is 70.0 Å². The van der Waals surface area contributed by atoms with Gasteiger partial charge in [-0.05, 0) is 36.4 Å². The molecule has 1 aromatic heterocycles. The molecule has 1 aliphatic rings. The first kappa shape index (κ1) is 23.6. The number of nitrogens with zero attached hydrogens (tertiary/aromatic N) is 2. The van der Waals surface area contributed by atoms with Gasteiger partial charge >= 0.3 is 5.97 Å². The van der Waals surface area contributed by atoms with Gasteiger partial charge in [0.2, 0.25) is 5.43 Å². The minimum atomic E-state index is -1.41. The number of rotatable bonds is 3. The minimum absolute atomic E-state index is 0. The predicted molar refractivity (Wildman–Crippen MR) is 116 cm³/mol. The van der Waals surface area contributed by atoms with E-state index in [1.165, 1.54) is 35.0 Å². The predicted octanol–water partition coefficient (Wildman–Crippen LogP) is 3.22. The van der Waals surface area contributed by atoms with Crippen LogP contribution in [0.3, 0.4) is 0 Å². The van der Waals surface area contributed by atoms with Crippen molar-refractivity contribution in [3.8, 4) is 5.69 Å². The van der Waals surface area contributed by atoms with Crippen LogP contribution in [0.25, 0.3) is 16.6 Å². The van der Waals surface area contributed by atoms with Gasteiger partial charge in [-0.1, -0.05) is 0 Å². The normalized spacial score (nSPS) is 13.5. The molecule has 2 N–H and O–H groups in total. The van der Waals surface area contributed by atoms with Crippen molar-refractivity contribution in [2.24, 2.45) is 0 Å². The third kappa shape index (κ3) is 4.26. The Morgan fingerprint density at radius 2 is 1.67 bits per heavy atom. The molecule has 1 saturated heterocycles. The van der Waals surface area contributed by atoms with Crippen LogP contribution in [0.4, 0.5) is 14.5 Å². The van der Waals surface area contributed by atoms with Gasteiger partial charge in [0, 0.05) is 43.4 Å². The molecule has 2 aromatic carbocycles. The van der Waals surface area contributed by atoms with E-state index in [0.29, 0.717) is 43.1 Å². The largest absolute Gasteiger partial charge is 0.477 e. The molecule has 2 heterocycles. The summed E-state index contributed by atoms with van der Waals surface area (Å²) in [5.41, 5.74) is -0.0755. The maximum Gasteiger partial charge on any atom is 0.341 e. The van der Waals surface area contributed by atoms with Gasteiger partial charge in [-0.3, -0.25) is 4.79 Å². The second-order valence-corrected chi connectivity index (χ2v) is 6.58. The molecule has 0 aliphatic carbocycles. The lowest BCUT2D eigenvalue weighted by Gasteiger charge is -2.30. The van der Waals surface area contributed by atoms with Crippen LogP contribution in [0.15, 0.2) is 47.4 Å². The van der Waals surface area contributed by atoms with Crippen LogP contribution in [0.5, 0.6) is 0 Å². The Kier molecular flexibility index (Phi) is 7.41. The van der Waals surface area contributed by atoms with Crippen LogP contribution in [-0.2, 0) is 0 Å². The summed E-state index contributed by atoms with van der Waals surface area (Å²) in [7, 11) is 0. The van der Waals surface area contributed by atoms with Crippen LogP contribution < -0.4 is 15.6 Å². The summed E-state index contributed by atoms with van der Waals surface area (Å²) in [4.78, 5) is 26.0. The number of aromatic carboxylic acids is 1. The number of carboxylic acid groups (broad SMARTS) is 1. The third-order valence-corrected chi connectivity index (χ3v) is 4.87. The molecule has 0 unspecified atom stereocenters. The average molecular weight is 458 g/mol. The fraction of sp³-hybridized carbons (Fsp3) is 0.200. The van der Waals surface area contributed by atoms with Crippen molar-refractivity contribution >= 4 is 47.4 Å². The van der Waals surface area contributed by atoms with Gasteiger partial charge in [0.05, 0.1) is 11.2 Å². The number of benzene rings is 2. The highest BCUT2D eigenvalue weighted by Gasteiger charge is 2.20. The van der Waals surface area contributed by atoms with E-state index in [-0.39, 0.29) is 30.2 Å². The lowest BCUT2D eigenvalue weighted by Crippen LogP contribution is -2.43. The summed E-state index contributed by atoms with van der Waals surface area (Å²) in [6.07, 6.45) is 1.19. The Labute approximate surface area is 182 Å². The van der Waals surface area contributed by atoms with E-state index in [2.05, 4.69) is 5.32 Å². The second kappa shape index (κ2) is 9.42. The van der Waals surface area contributed by atoms with Gasteiger partial charge in [-0.2, -0.15) is 0 Å². The summed E-state index contributed by atoms with van der Waals surface area (Å²) in [6, 6.07) is 8.05. The number of aromatic nitrogens is 1. The Balaban J connectivity index is 0.00000160. The van der Waals surface area contributed by atoms with E-state index >= 15 is 0 Å². The van der Waals surface area contributed by atoms with E-state index in [4.69, 9.17) is 0 Å². The molecular weight excluding hydrogens is 439 g/mol. The van der Waals surface area contributed by atoms with Crippen molar-refractivity contribution in [2.45, 2.75) is 0 Å². The molecule has 6 nitrogen and oxygen atoms in total. The van der Waals surface area contributed by atoms with Crippen molar-refractivity contribution in [1.82, 2.24) is 9.88 Å².